The van der Waals surface area contributed by atoms with Crippen molar-refractivity contribution in [3.05, 3.63) is 0 Å². The Morgan fingerprint density at radius 3 is 1.45 bits per heavy atom. The summed E-state index contributed by atoms with van der Waals surface area (Å²) in [5, 5.41) is 0. The van der Waals surface area contributed by atoms with Crippen LogP contribution < -0.4 is 0 Å². The average molecular weight is 407 g/mol. The third-order valence-corrected chi connectivity index (χ3v) is 7.97. The molecule has 0 bridgehead atoms. The van der Waals surface area contributed by atoms with E-state index in [1.165, 1.54) is 84.3 Å². The Labute approximate surface area is 182 Å². The molecule has 2 aliphatic heterocycles. The minimum absolute atomic E-state index is 0.338. The fourth-order valence-electron chi connectivity index (χ4n) is 5.58. The Bertz CT molecular complexity index is 490. The van der Waals surface area contributed by atoms with Crippen LogP contribution in [0.5, 0.6) is 0 Å². The summed E-state index contributed by atoms with van der Waals surface area (Å²) in [6.45, 7) is 25.3. The first-order valence-corrected chi connectivity index (χ1v) is 12.6. The second-order valence-corrected chi connectivity index (χ2v) is 12.1. The van der Waals surface area contributed by atoms with Gasteiger partial charge in [-0.3, -0.25) is 19.6 Å². The van der Waals surface area contributed by atoms with E-state index in [0.29, 0.717) is 11.1 Å². The maximum Gasteiger partial charge on any atom is 0.0200 e. The summed E-state index contributed by atoms with van der Waals surface area (Å²) in [6.07, 6.45) is 8.72. The maximum absolute atomic E-state index is 2.72. The lowest BCUT2D eigenvalue weighted by atomic mass is 9.90. The van der Waals surface area contributed by atoms with Crippen LogP contribution in [-0.2, 0) is 0 Å². The number of rotatable bonds is 2. The predicted octanol–water partition coefficient (Wildman–Crippen LogP) is 4.30. The quantitative estimate of drug-likeness (QED) is 0.678. The first kappa shape index (κ1) is 23.5. The van der Waals surface area contributed by atoms with Gasteiger partial charge in [0, 0.05) is 75.0 Å². The predicted molar refractivity (Wildman–Crippen MR) is 126 cm³/mol. The normalized spacial score (nSPS) is 29.7. The molecule has 2 saturated carbocycles. The van der Waals surface area contributed by atoms with Crippen molar-refractivity contribution >= 4 is 0 Å². The molecule has 1 atom stereocenters. The zero-order valence-corrected chi connectivity index (χ0v) is 20.7. The average Bonchev–Trinajstić information content (AvgIpc) is 2.51. The first-order chi connectivity index (χ1) is 13.6. The lowest BCUT2D eigenvalue weighted by Gasteiger charge is -2.50. The Kier molecular flexibility index (Phi) is 7.73. The first-order valence-electron chi connectivity index (χ1n) is 12.6. The summed E-state index contributed by atoms with van der Waals surface area (Å²) in [4.78, 5) is 10.7. The molecule has 0 radical (unpaired) electrons. The van der Waals surface area contributed by atoms with Gasteiger partial charge in [-0.15, -0.1) is 0 Å². The summed E-state index contributed by atoms with van der Waals surface area (Å²) in [5.74, 6) is 0. The Balaban J connectivity index is 0.000000166. The lowest BCUT2D eigenvalue weighted by molar-refractivity contribution is -0.0129. The van der Waals surface area contributed by atoms with E-state index in [-0.39, 0.29) is 0 Å². The smallest absolute Gasteiger partial charge is 0.0200 e. The Morgan fingerprint density at radius 1 is 0.586 bits per heavy atom. The van der Waals surface area contributed by atoms with Crippen LogP contribution in [0, 0.1) is 0 Å². The fourth-order valence-corrected chi connectivity index (χ4v) is 5.58. The van der Waals surface area contributed by atoms with Crippen molar-refractivity contribution in [2.45, 2.75) is 116 Å². The molecule has 2 aliphatic carbocycles. The van der Waals surface area contributed by atoms with Gasteiger partial charge in [-0.1, -0.05) is 12.8 Å². The minimum atomic E-state index is 0.338. The van der Waals surface area contributed by atoms with Gasteiger partial charge < -0.3 is 0 Å². The molecule has 0 unspecified atom stereocenters. The number of hydrogen-bond donors (Lipinski definition) is 0. The molecule has 4 aliphatic rings. The van der Waals surface area contributed by atoms with Gasteiger partial charge in [0.2, 0.25) is 0 Å². The van der Waals surface area contributed by atoms with Crippen LogP contribution in [-0.4, -0.2) is 94.6 Å². The van der Waals surface area contributed by atoms with Crippen molar-refractivity contribution in [1.29, 1.82) is 0 Å². The molecule has 2 heterocycles. The molecule has 0 amide bonds. The van der Waals surface area contributed by atoms with Gasteiger partial charge in [-0.05, 0) is 74.1 Å². The van der Waals surface area contributed by atoms with Crippen LogP contribution in [0.2, 0.25) is 0 Å². The molecule has 0 aromatic rings. The van der Waals surface area contributed by atoms with Gasteiger partial charge in [0.15, 0.2) is 0 Å². The third-order valence-electron chi connectivity index (χ3n) is 7.97. The molecule has 2 saturated heterocycles. The highest BCUT2D eigenvalue weighted by Gasteiger charge is 2.35. The molecule has 170 valence electrons. The molecule has 0 aromatic heterocycles. The van der Waals surface area contributed by atoms with E-state index < -0.39 is 0 Å². The van der Waals surface area contributed by atoms with Crippen molar-refractivity contribution in [2.75, 3.05) is 45.8 Å². The summed E-state index contributed by atoms with van der Waals surface area (Å²) in [7, 11) is 0. The highest BCUT2D eigenvalue weighted by molar-refractivity contribution is 4.91. The zero-order chi connectivity index (χ0) is 21.2. The third kappa shape index (κ3) is 6.18. The summed E-state index contributed by atoms with van der Waals surface area (Å²) in [6, 6.07) is 2.59. The van der Waals surface area contributed by atoms with E-state index >= 15 is 0 Å². The van der Waals surface area contributed by atoms with E-state index in [1.807, 2.05) is 0 Å². The van der Waals surface area contributed by atoms with Gasteiger partial charge in [0.1, 0.15) is 0 Å². The Morgan fingerprint density at radius 2 is 1.07 bits per heavy atom. The molecular formula is C25H50N4. The summed E-state index contributed by atoms with van der Waals surface area (Å²) < 4.78 is 0. The number of nitrogens with zero attached hydrogens (tertiary/aromatic N) is 4. The highest BCUT2D eigenvalue weighted by Crippen LogP contribution is 2.29. The van der Waals surface area contributed by atoms with Gasteiger partial charge in [-0.25, -0.2) is 0 Å². The van der Waals surface area contributed by atoms with E-state index in [4.69, 9.17) is 0 Å². The van der Waals surface area contributed by atoms with Crippen LogP contribution in [0.3, 0.4) is 0 Å². The van der Waals surface area contributed by atoms with Crippen molar-refractivity contribution in [3.8, 4) is 0 Å². The molecular weight excluding hydrogens is 356 g/mol. The van der Waals surface area contributed by atoms with Gasteiger partial charge in [-0.2, -0.15) is 0 Å². The van der Waals surface area contributed by atoms with E-state index in [1.54, 1.807) is 0 Å². The van der Waals surface area contributed by atoms with E-state index in [2.05, 4.69) is 68.1 Å². The molecule has 0 aromatic carbocycles. The van der Waals surface area contributed by atoms with Gasteiger partial charge in [0.05, 0.1) is 0 Å². The van der Waals surface area contributed by atoms with Crippen LogP contribution >= 0.6 is 0 Å². The van der Waals surface area contributed by atoms with Gasteiger partial charge in [0.25, 0.3) is 0 Å². The van der Waals surface area contributed by atoms with Crippen molar-refractivity contribution in [3.63, 3.8) is 0 Å². The monoisotopic (exact) mass is 406 g/mol. The number of piperazine rings is 2. The van der Waals surface area contributed by atoms with Crippen molar-refractivity contribution in [2.24, 2.45) is 0 Å². The van der Waals surface area contributed by atoms with Crippen LogP contribution in [0.15, 0.2) is 0 Å². The molecule has 0 N–H and O–H groups in total. The summed E-state index contributed by atoms with van der Waals surface area (Å²) >= 11 is 0. The highest BCUT2D eigenvalue weighted by atomic mass is 15.3. The standard InChI is InChI=1S/C13H26N2.C12H24N2/c1-11-10-14(12-6-5-7-12)8-9-15(11)13(2,3)4;1-12(2,3)14-9-7-13(8-10-14)11-5-4-6-11/h11-12H,5-10H2,1-4H3;11H,4-10H2,1-3H3/t11-;/m1./s1. The lowest BCUT2D eigenvalue weighted by Crippen LogP contribution is -2.60. The van der Waals surface area contributed by atoms with Gasteiger partial charge >= 0.3 is 0 Å². The van der Waals surface area contributed by atoms with Crippen LogP contribution in [0.4, 0.5) is 0 Å². The topological polar surface area (TPSA) is 13.0 Å². The summed E-state index contributed by atoms with van der Waals surface area (Å²) in [5.41, 5.74) is 0.705. The van der Waals surface area contributed by atoms with Crippen LogP contribution in [0.25, 0.3) is 0 Å². The largest absolute Gasteiger partial charge is 0.298 e. The second-order valence-electron chi connectivity index (χ2n) is 12.1. The van der Waals surface area contributed by atoms with Crippen molar-refractivity contribution < 1.29 is 0 Å². The molecule has 4 rings (SSSR count). The molecule has 29 heavy (non-hydrogen) atoms. The maximum atomic E-state index is 2.72. The molecule has 4 fully saturated rings. The fraction of sp³-hybridized carbons (Fsp3) is 1.00. The molecule has 0 spiro atoms. The molecule has 4 heteroatoms. The van der Waals surface area contributed by atoms with E-state index in [0.717, 1.165) is 18.1 Å². The minimum Gasteiger partial charge on any atom is -0.298 e. The zero-order valence-electron chi connectivity index (χ0n) is 20.7. The van der Waals surface area contributed by atoms with Crippen LogP contribution in [0.1, 0.15) is 87.0 Å². The van der Waals surface area contributed by atoms with Crippen molar-refractivity contribution in [1.82, 2.24) is 19.6 Å². The number of hydrogen-bond acceptors (Lipinski definition) is 4. The SMILES string of the molecule is CC(C)(C)N1CCN(C2CCC2)CC1.C[C@@H]1CN(C2CCC2)CCN1C(C)(C)C. The second kappa shape index (κ2) is 9.54. The van der Waals surface area contributed by atoms with E-state index in [9.17, 15) is 0 Å². The molecule has 4 nitrogen and oxygen atoms in total. The Hall–Kier alpha value is -0.160.